The van der Waals surface area contributed by atoms with Gasteiger partial charge in [-0.2, -0.15) is 0 Å². The summed E-state index contributed by atoms with van der Waals surface area (Å²) in [6.45, 7) is 10.5. The fourth-order valence-electron chi connectivity index (χ4n) is 3.96. The van der Waals surface area contributed by atoms with Gasteiger partial charge in [0, 0.05) is 13.1 Å². The highest BCUT2D eigenvalue weighted by atomic mass is 16.5. The Labute approximate surface area is 156 Å². The van der Waals surface area contributed by atoms with E-state index >= 15 is 0 Å². The van der Waals surface area contributed by atoms with Crippen LogP contribution in [0.4, 0.5) is 10.5 Å². The Hall–Kier alpha value is -1.60. The van der Waals surface area contributed by atoms with Gasteiger partial charge < -0.3 is 24.7 Å². The van der Waals surface area contributed by atoms with Crippen LogP contribution in [0.1, 0.15) is 44.6 Å². The predicted octanol–water partition coefficient (Wildman–Crippen LogP) is 2.87. The average molecular weight is 367 g/mol. The zero-order valence-electron chi connectivity index (χ0n) is 16.8. The molecule has 2 heterocycles. The molecule has 1 aromatic rings. The van der Waals surface area contributed by atoms with Gasteiger partial charge in [-0.25, -0.2) is 4.79 Å². The second-order valence-corrected chi connectivity index (χ2v) is 7.48. The average Bonchev–Trinajstić information content (AvgIpc) is 3.14. The lowest BCUT2D eigenvalue weighted by atomic mass is 9.88. The lowest BCUT2D eigenvalue weighted by Gasteiger charge is -2.30. The molecule has 0 aliphatic carbocycles. The van der Waals surface area contributed by atoms with Crippen molar-refractivity contribution < 1.29 is 14.4 Å². The van der Waals surface area contributed by atoms with Crippen LogP contribution in [0.5, 0.6) is 0 Å². The molecule has 2 N–H and O–H groups in total. The van der Waals surface area contributed by atoms with E-state index in [0.717, 1.165) is 19.5 Å². The third-order valence-corrected chi connectivity index (χ3v) is 5.58. The summed E-state index contributed by atoms with van der Waals surface area (Å²) in [5.74, 6) is 1.27. The maximum Gasteiger partial charge on any atom is 0.322 e. The zero-order chi connectivity index (χ0) is 19.3. The maximum absolute atomic E-state index is 12.9. The van der Waals surface area contributed by atoms with Gasteiger partial charge in [-0.05, 0) is 45.7 Å². The largest absolute Gasteiger partial charge is 0.394 e. The number of nitrogens with one attached hydrogen (secondary N) is 1. The number of nitrogens with zero attached hydrogens (tertiary/aromatic N) is 3. The molecule has 2 rings (SSSR count). The molecular weight excluding hydrogens is 332 g/mol. The number of aromatic nitrogens is 1. The van der Waals surface area contributed by atoms with Crippen molar-refractivity contribution in [2.75, 3.05) is 38.6 Å². The number of hydrogen-bond donors (Lipinski definition) is 2. The second kappa shape index (κ2) is 9.37. The quantitative estimate of drug-likeness (QED) is 0.739. The number of aryl methyl sites for hydroxylation is 2. The van der Waals surface area contributed by atoms with Crippen molar-refractivity contribution in [2.24, 2.45) is 11.8 Å². The van der Waals surface area contributed by atoms with Gasteiger partial charge in [0.15, 0.2) is 5.76 Å². The molecule has 2 amide bonds. The highest BCUT2D eigenvalue weighted by molar-refractivity contribution is 5.90. The van der Waals surface area contributed by atoms with Crippen molar-refractivity contribution in [1.29, 1.82) is 0 Å². The van der Waals surface area contributed by atoms with Gasteiger partial charge in [-0.15, -0.1) is 0 Å². The molecule has 1 saturated heterocycles. The van der Waals surface area contributed by atoms with Crippen LogP contribution in [0, 0.1) is 25.7 Å². The zero-order valence-corrected chi connectivity index (χ0v) is 16.8. The lowest BCUT2D eigenvalue weighted by Crippen LogP contribution is -2.45. The highest BCUT2D eigenvalue weighted by Gasteiger charge is 2.43. The van der Waals surface area contributed by atoms with Gasteiger partial charge in [0.25, 0.3) is 0 Å². The molecule has 3 atom stereocenters. The minimum Gasteiger partial charge on any atom is -0.394 e. The number of rotatable bonds is 8. The molecule has 1 aliphatic heterocycles. The van der Waals surface area contributed by atoms with Gasteiger partial charge in [-0.3, -0.25) is 0 Å². The second-order valence-electron chi connectivity index (χ2n) is 7.48. The normalized spacial score (nSPS) is 23.0. The highest BCUT2D eigenvalue weighted by Crippen LogP contribution is 2.33. The van der Waals surface area contributed by atoms with Gasteiger partial charge in [0.2, 0.25) is 0 Å². The number of amides is 2. The molecule has 0 aromatic carbocycles. The molecule has 0 radical (unpaired) electrons. The molecule has 7 nitrogen and oxygen atoms in total. The van der Waals surface area contributed by atoms with E-state index in [9.17, 15) is 9.90 Å². The van der Waals surface area contributed by atoms with Crippen LogP contribution < -0.4 is 5.32 Å². The fraction of sp³-hybridized carbons (Fsp3) is 0.789. The summed E-state index contributed by atoms with van der Waals surface area (Å²) >= 11 is 0. The minimum atomic E-state index is -0.185. The summed E-state index contributed by atoms with van der Waals surface area (Å²) in [5, 5.41) is 16.8. The summed E-state index contributed by atoms with van der Waals surface area (Å²) in [4.78, 5) is 17.0. The molecule has 148 valence electrons. The van der Waals surface area contributed by atoms with E-state index in [1.165, 1.54) is 12.8 Å². The smallest absolute Gasteiger partial charge is 0.322 e. The number of unbranched alkanes of at least 4 members (excludes halogenated alkanes) is 1. The molecule has 0 unspecified atom stereocenters. The predicted molar refractivity (Wildman–Crippen MR) is 102 cm³/mol. The van der Waals surface area contributed by atoms with Crippen LogP contribution in [0.25, 0.3) is 0 Å². The molecule has 0 spiro atoms. The maximum atomic E-state index is 12.9. The summed E-state index contributed by atoms with van der Waals surface area (Å²) in [7, 11) is 2.13. The molecule has 1 fully saturated rings. The summed E-state index contributed by atoms with van der Waals surface area (Å²) in [6, 6.07) is -0.347. The van der Waals surface area contributed by atoms with Crippen molar-refractivity contribution in [3.8, 4) is 0 Å². The first-order chi connectivity index (χ1) is 12.4. The Morgan fingerprint density at radius 2 is 2.15 bits per heavy atom. The third kappa shape index (κ3) is 4.57. The van der Waals surface area contributed by atoms with E-state index in [2.05, 4.69) is 36.3 Å². The van der Waals surface area contributed by atoms with Crippen molar-refractivity contribution in [1.82, 2.24) is 15.0 Å². The Kier molecular flexibility index (Phi) is 7.46. The summed E-state index contributed by atoms with van der Waals surface area (Å²) in [6.07, 6.45) is 3.33. The number of aliphatic hydroxyl groups is 1. The Balaban J connectivity index is 2.09. The first kappa shape index (κ1) is 20.7. The number of likely N-dealkylation sites (tertiary alicyclic amines) is 1. The van der Waals surface area contributed by atoms with Crippen LogP contribution in [-0.2, 0) is 0 Å². The molecule has 26 heavy (non-hydrogen) atoms. The number of carbonyl (C=O) groups excluding carboxylic acids is 1. The third-order valence-electron chi connectivity index (χ3n) is 5.58. The Bertz CT molecular complexity index is 570. The van der Waals surface area contributed by atoms with Gasteiger partial charge in [0.05, 0.1) is 12.6 Å². The number of urea groups is 1. The molecule has 1 aliphatic rings. The van der Waals surface area contributed by atoms with Crippen LogP contribution in [-0.4, -0.2) is 65.4 Å². The molecule has 0 saturated carbocycles. The Morgan fingerprint density at radius 3 is 2.69 bits per heavy atom. The van der Waals surface area contributed by atoms with Gasteiger partial charge >= 0.3 is 6.03 Å². The fourth-order valence-corrected chi connectivity index (χ4v) is 3.96. The van der Waals surface area contributed by atoms with Crippen molar-refractivity contribution in [3.63, 3.8) is 0 Å². The standard InChI is InChI=1S/C19H34N4O3/c1-6-8-9-22(5)11-16-15(7-2)10-23(17(16)12-24)19(25)20-18-13(3)21-26-14(18)4/h15-17,24H,6-12H2,1-5H3,(H,20,25)/t15-,16-,17-/m1/s1. The minimum absolute atomic E-state index is 0.0161. The Morgan fingerprint density at radius 1 is 1.42 bits per heavy atom. The number of hydrogen-bond acceptors (Lipinski definition) is 5. The SMILES string of the molecule is CCCCN(C)C[C@@H]1[C@H](CC)CN(C(=O)Nc2c(C)noc2C)[C@@H]1CO. The van der Waals surface area contributed by atoms with Crippen LogP contribution in [0.15, 0.2) is 4.52 Å². The summed E-state index contributed by atoms with van der Waals surface area (Å²) < 4.78 is 5.13. The first-order valence-electron chi connectivity index (χ1n) is 9.72. The van der Waals surface area contributed by atoms with Gasteiger partial charge in [-0.1, -0.05) is 31.8 Å². The first-order valence-corrected chi connectivity index (χ1v) is 9.72. The number of carbonyl (C=O) groups is 1. The van der Waals surface area contributed by atoms with Crippen LogP contribution >= 0.6 is 0 Å². The van der Waals surface area contributed by atoms with E-state index in [1.807, 2.05) is 0 Å². The van der Waals surface area contributed by atoms with E-state index in [4.69, 9.17) is 4.52 Å². The van der Waals surface area contributed by atoms with E-state index in [-0.39, 0.29) is 24.6 Å². The summed E-state index contributed by atoms with van der Waals surface area (Å²) in [5.41, 5.74) is 1.29. The van der Waals surface area contributed by atoms with Crippen LogP contribution in [0.3, 0.4) is 0 Å². The molecule has 7 heteroatoms. The van der Waals surface area contributed by atoms with Crippen molar-refractivity contribution in [2.45, 2.75) is 53.0 Å². The van der Waals surface area contributed by atoms with E-state index < -0.39 is 0 Å². The van der Waals surface area contributed by atoms with E-state index in [0.29, 0.717) is 29.6 Å². The topological polar surface area (TPSA) is 81.8 Å². The monoisotopic (exact) mass is 366 g/mol. The number of anilines is 1. The van der Waals surface area contributed by atoms with Crippen LogP contribution in [0.2, 0.25) is 0 Å². The molecule has 0 bridgehead atoms. The van der Waals surface area contributed by atoms with Crippen molar-refractivity contribution >= 4 is 11.7 Å². The molecular formula is C19H34N4O3. The number of aliphatic hydroxyl groups excluding tert-OH is 1. The van der Waals surface area contributed by atoms with Crippen molar-refractivity contribution in [3.05, 3.63) is 11.5 Å². The lowest BCUT2D eigenvalue weighted by molar-refractivity contribution is 0.130. The molecule has 1 aromatic heterocycles. The van der Waals surface area contributed by atoms with Gasteiger partial charge in [0.1, 0.15) is 11.4 Å². The van der Waals surface area contributed by atoms with E-state index in [1.54, 1.807) is 18.7 Å².